The fourth-order valence-corrected chi connectivity index (χ4v) is 3.40. The second-order valence-corrected chi connectivity index (χ2v) is 7.24. The van der Waals surface area contributed by atoms with Gasteiger partial charge in [0.05, 0.1) is 23.5 Å². The van der Waals surface area contributed by atoms with Crippen molar-refractivity contribution in [3.63, 3.8) is 0 Å². The first-order valence-corrected chi connectivity index (χ1v) is 9.65. The minimum absolute atomic E-state index is 0.580. The SMILES string of the molecule is COc1ccccc1CN(CCCn1ccnc1)Cc1ccc(Cl)c(Cl)c1. The Morgan fingerprint density at radius 2 is 1.93 bits per heavy atom. The highest BCUT2D eigenvalue weighted by Gasteiger charge is 2.11. The average molecular weight is 404 g/mol. The van der Waals surface area contributed by atoms with Crippen LogP contribution >= 0.6 is 23.2 Å². The molecule has 0 saturated carbocycles. The van der Waals surface area contributed by atoms with Gasteiger partial charge in [0.15, 0.2) is 0 Å². The Labute approximate surface area is 170 Å². The molecule has 0 aliphatic rings. The first-order chi connectivity index (χ1) is 13.2. The van der Waals surface area contributed by atoms with E-state index in [0.717, 1.165) is 43.9 Å². The minimum atomic E-state index is 0.580. The molecule has 0 fully saturated rings. The molecule has 6 heteroatoms. The summed E-state index contributed by atoms with van der Waals surface area (Å²) in [5.74, 6) is 0.909. The lowest BCUT2D eigenvalue weighted by Crippen LogP contribution is -2.25. The van der Waals surface area contributed by atoms with Crippen LogP contribution in [0.15, 0.2) is 61.2 Å². The lowest BCUT2D eigenvalue weighted by atomic mass is 10.1. The largest absolute Gasteiger partial charge is 0.496 e. The van der Waals surface area contributed by atoms with Crippen molar-refractivity contribution in [1.82, 2.24) is 14.5 Å². The quantitative estimate of drug-likeness (QED) is 0.486. The molecule has 0 amide bonds. The van der Waals surface area contributed by atoms with Gasteiger partial charge >= 0.3 is 0 Å². The highest BCUT2D eigenvalue weighted by Crippen LogP contribution is 2.25. The van der Waals surface area contributed by atoms with Gasteiger partial charge in [-0.3, -0.25) is 4.90 Å². The third-order valence-electron chi connectivity index (χ3n) is 4.43. The molecule has 142 valence electrons. The lowest BCUT2D eigenvalue weighted by molar-refractivity contribution is 0.244. The van der Waals surface area contributed by atoms with Crippen molar-refractivity contribution in [2.45, 2.75) is 26.1 Å². The number of para-hydroxylation sites is 1. The summed E-state index contributed by atoms with van der Waals surface area (Å²) in [6.07, 6.45) is 6.67. The molecular formula is C21H23Cl2N3O. The van der Waals surface area contributed by atoms with E-state index in [-0.39, 0.29) is 0 Å². The molecule has 0 saturated heterocycles. The number of hydrogen-bond donors (Lipinski definition) is 0. The van der Waals surface area contributed by atoms with Crippen molar-refractivity contribution in [2.75, 3.05) is 13.7 Å². The van der Waals surface area contributed by atoms with Gasteiger partial charge in [-0.2, -0.15) is 0 Å². The minimum Gasteiger partial charge on any atom is -0.496 e. The second-order valence-electron chi connectivity index (χ2n) is 6.43. The summed E-state index contributed by atoms with van der Waals surface area (Å²) >= 11 is 12.3. The van der Waals surface area contributed by atoms with Gasteiger partial charge in [0.2, 0.25) is 0 Å². The Morgan fingerprint density at radius 1 is 1.07 bits per heavy atom. The summed E-state index contributed by atoms with van der Waals surface area (Å²) in [6.45, 7) is 3.47. The molecule has 0 unspecified atom stereocenters. The average Bonchev–Trinajstić information content (AvgIpc) is 3.18. The number of imidazole rings is 1. The Hall–Kier alpha value is -2.01. The van der Waals surface area contributed by atoms with Crippen molar-refractivity contribution in [2.24, 2.45) is 0 Å². The van der Waals surface area contributed by atoms with E-state index in [4.69, 9.17) is 27.9 Å². The zero-order chi connectivity index (χ0) is 19.1. The van der Waals surface area contributed by atoms with Crippen molar-refractivity contribution in [1.29, 1.82) is 0 Å². The normalized spacial score (nSPS) is 11.1. The number of hydrogen-bond acceptors (Lipinski definition) is 3. The predicted molar refractivity (Wildman–Crippen MR) is 110 cm³/mol. The molecular weight excluding hydrogens is 381 g/mol. The highest BCUT2D eigenvalue weighted by atomic mass is 35.5. The number of halogens is 2. The van der Waals surface area contributed by atoms with E-state index in [2.05, 4.69) is 20.5 Å². The summed E-state index contributed by atoms with van der Waals surface area (Å²) in [7, 11) is 1.71. The Balaban J connectivity index is 1.71. The topological polar surface area (TPSA) is 30.3 Å². The maximum atomic E-state index is 6.20. The zero-order valence-electron chi connectivity index (χ0n) is 15.3. The van der Waals surface area contributed by atoms with Crippen LogP contribution in [-0.4, -0.2) is 28.1 Å². The summed E-state index contributed by atoms with van der Waals surface area (Å²) < 4.78 is 7.61. The molecule has 0 aliphatic carbocycles. The molecule has 0 radical (unpaired) electrons. The molecule has 0 spiro atoms. The van der Waals surface area contributed by atoms with Crippen LogP contribution in [0.5, 0.6) is 5.75 Å². The van der Waals surface area contributed by atoms with Gasteiger partial charge in [0.1, 0.15) is 5.75 Å². The Bertz CT molecular complexity index is 852. The fourth-order valence-electron chi connectivity index (χ4n) is 3.08. The van der Waals surface area contributed by atoms with Crippen LogP contribution in [0.3, 0.4) is 0 Å². The summed E-state index contributed by atoms with van der Waals surface area (Å²) in [5, 5.41) is 1.17. The standard InChI is InChI=1S/C21H23Cl2N3O/c1-27-21-6-3-2-5-18(21)15-26(11-4-10-25-12-9-24-16-25)14-17-7-8-19(22)20(23)13-17/h2-3,5-9,12-13,16H,4,10-11,14-15H2,1H3. The van der Waals surface area contributed by atoms with Gasteiger partial charge in [0, 0.05) is 44.1 Å². The van der Waals surface area contributed by atoms with E-state index < -0.39 is 0 Å². The van der Waals surface area contributed by atoms with Crippen LogP contribution in [0.2, 0.25) is 10.0 Å². The second kappa shape index (κ2) is 9.79. The molecule has 3 aromatic rings. The van der Waals surface area contributed by atoms with Gasteiger partial charge in [0.25, 0.3) is 0 Å². The van der Waals surface area contributed by atoms with Crippen LogP contribution < -0.4 is 4.74 Å². The molecule has 2 aromatic carbocycles. The first kappa shape index (κ1) is 19.7. The van der Waals surface area contributed by atoms with Gasteiger partial charge in [-0.25, -0.2) is 4.98 Å². The van der Waals surface area contributed by atoms with Crippen molar-refractivity contribution < 1.29 is 4.74 Å². The number of rotatable bonds is 9. The van der Waals surface area contributed by atoms with E-state index in [1.165, 1.54) is 5.56 Å². The number of benzene rings is 2. The zero-order valence-corrected chi connectivity index (χ0v) is 16.8. The molecule has 0 bridgehead atoms. The van der Waals surface area contributed by atoms with Crippen LogP contribution in [0.4, 0.5) is 0 Å². The van der Waals surface area contributed by atoms with Crippen molar-refractivity contribution in [3.8, 4) is 5.75 Å². The van der Waals surface area contributed by atoms with Gasteiger partial charge in [-0.1, -0.05) is 47.5 Å². The smallest absolute Gasteiger partial charge is 0.123 e. The lowest BCUT2D eigenvalue weighted by Gasteiger charge is -2.24. The van der Waals surface area contributed by atoms with Crippen molar-refractivity contribution >= 4 is 23.2 Å². The third kappa shape index (κ3) is 5.73. The molecule has 27 heavy (non-hydrogen) atoms. The Kier molecular flexibility index (Phi) is 7.16. The van der Waals surface area contributed by atoms with E-state index in [0.29, 0.717) is 10.0 Å². The molecule has 1 heterocycles. The highest BCUT2D eigenvalue weighted by molar-refractivity contribution is 6.42. The van der Waals surface area contributed by atoms with E-state index in [1.54, 1.807) is 7.11 Å². The maximum absolute atomic E-state index is 6.20. The molecule has 1 aromatic heterocycles. The number of ether oxygens (including phenoxy) is 1. The number of aromatic nitrogens is 2. The first-order valence-electron chi connectivity index (χ1n) is 8.89. The van der Waals surface area contributed by atoms with Gasteiger partial charge < -0.3 is 9.30 Å². The molecule has 3 rings (SSSR count). The number of aryl methyl sites for hydroxylation is 1. The van der Waals surface area contributed by atoms with E-state index >= 15 is 0 Å². The fraction of sp³-hybridized carbons (Fsp3) is 0.286. The summed E-state index contributed by atoms with van der Waals surface area (Å²) in [6, 6.07) is 14.0. The summed E-state index contributed by atoms with van der Waals surface area (Å²) in [5.41, 5.74) is 2.31. The van der Waals surface area contributed by atoms with E-state index in [1.807, 2.05) is 55.1 Å². The Morgan fingerprint density at radius 3 is 2.67 bits per heavy atom. The van der Waals surface area contributed by atoms with Gasteiger partial charge in [-0.05, 0) is 30.2 Å². The number of nitrogens with zero attached hydrogens (tertiary/aromatic N) is 3. The van der Waals surface area contributed by atoms with Crippen LogP contribution in [0, 0.1) is 0 Å². The maximum Gasteiger partial charge on any atom is 0.123 e. The van der Waals surface area contributed by atoms with Gasteiger partial charge in [-0.15, -0.1) is 0 Å². The van der Waals surface area contributed by atoms with Crippen LogP contribution in [-0.2, 0) is 19.6 Å². The van der Waals surface area contributed by atoms with Crippen LogP contribution in [0.25, 0.3) is 0 Å². The van der Waals surface area contributed by atoms with E-state index in [9.17, 15) is 0 Å². The molecule has 0 aliphatic heterocycles. The number of methoxy groups -OCH3 is 1. The third-order valence-corrected chi connectivity index (χ3v) is 5.17. The molecule has 0 N–H and O–H groups in total. The summed E-state index contributed by atoms with van der Waals surface area (Å²) in [4.78, 5) is 6.50. The molecule has 4 nitrogen and oxygen atoms in total. The molecule has 0 atom stereocenters. The van der Waals surface area contributed by atoms with Crippen LogP contribution in [0.1, 0.15) is 17.5 Å². The van der Waals surface area contributed by atoms with Crippen molar-refractivity contribution in [3.05, 3.63) is 82.4 Å². The monoisotopic (exact) mass is 403 g/mol. The predicted octanol–water partition coefficient (Wildman–Crippen LogP) is 5.29.